The SMILES string of the molecule is CCCn1c(-c2cc(I)ccc2Br)nnc1S(=O)(=O)Cl. The largest absolute Gasteiger partial charge is 0.297 e. The molecule has 0 atom stereocenters. The molecule has 5 nitrogen and oxygen atoms in total. The summed E-state index contributed by atoms with van der Waals surface area (Å²) >= 11 is 5.63. The predicted molar refractivity (Wildman–Crippen MR) is 89.2 cm³/mol. The molecule has 0 saturated heterocycles. The van der Waals surface area contributed by atoms with E-state index in [1.165, 1.54) is 4.57 Å². The summed E-state index contributed by atoms with van der Waals surface area (Å²) in [6, 6.07) is 5.73. The Morgan fingerprint density at radius 2 is 2.10 bits per heavy atom. The lowest BCUT2D eigenvalue weighted by molar-refractivity contribution is 0.570. The van der Waals surface area contributed by atoms with Gasteiger partial charge in [0.25, 0.3) is 14.2 Å². The van der Waals surface area contributed by atoms with Crippen molar-refractivity contribution in [3.05, 3.63) is 26.2 Å². The van der Waals surface area contributed by atoms with E-state index in [-0.39, 0.29) is 5.16 Å². The number of aromatic nitrogens is 3. The number of hydrogen-bond acceptors (Lipinski definition) is 4. The lowest BCUT2D eigenvalue weighted by atomic mass is 10.2. The van der Waals surface area contributed by atoms with E-state index in [0.717, 1.165) is 20.0 Å². The number of halogens is 3. The highest BCUT2D eigenvalue weighted by molar-refractivity contribution is 14.1. The van der Waals surface area contributed by atoms with Crippen molar-refractivity contribution in [3.63, 3.8) is 0 Å². The van der Waals surface area contributed by atoms with E-state index in [2.05, 4.69) is 48.7 Å². The van der Waals surface area contributed by atoms with Gasteiger partial charge in [-0.1, -0.05) is 22.9 Å². The molecule has 0 N–H and O–H groups in total. The Balaban J connectivity index is 2.69. The van der Waals surface area contributed by atoms with Gasteiger partial charge in [0.2, 0.25) is 0 Å². The summed E-state index contributed by atoms with van der Waals surface area (Å²) in [5.41, 5.74) is 0.782. The molecule has 0 spiro atoms. The van der Waals surface area contributed by atoms with Crippen molar-refractivity contribution in [2.75, 3.05) is 0 Å². The molecule has 0 aliphatic heterocycles. The van der Waals surface area contributed by atoms with Gasteiger partial charge >= 0.3 is 0 Å². The van der Waals surface area contributed by atoms with E-state index in [1.807, 2.05) is 25.1 Å². The molecule has 0 bridgehead atoms. The minimum absolute atomic E-state index is 0.221. The van der Waals surface area contributed by atoms with Crippen molar-refractivity contribution < 1.29 is 8.42 Å². The first kappa shape index (κ1) is 16.2. The summed E-state index contributed by atoms with van der Waals surface area (Å²) in [6.45, 7) is 2.42. The molecule has 0 aliphatic carbocycles. The highest BCUT2D eigenvalue weighted by Crippen LogP contribution is 2.30. The molecular formula is C11H10BrClIN3O2S. The Morgan fingerprint density at radius 3 is 2.70 bits per heavy atom. The smallest absolute Gasteiger partial charge is 0.296 e. The first-order chi connectivity index (χ1) is 9.34. The van der Waals surface area contributed by atoms with Crippen molar-refractivity contribution >= 4 is 58.3 Å². The van der Waals surface area contributed by atoms with E-state index in [9.17, 15) is 8.42 Å². The van der Waals surface area contributed by atoms with Crippen LogP contribution >= 0.6 is 49.2 Å². The van der Waals surface area contributed by atoms with Crippen LogP contribution < -0.4 is 0 Å². The van der Waals surface area contributed by atoms with Gasteiger partial charge in [-0.15, -0.1) is 10.2 Å². The maximum atomic E-state index is 11.6. The summed E-state index contributed by atoms with van der Waals surface area (Å²) in [4.78, 5) is 0. The molecule has 20 heavy (non-hydrogen) atoms. The van der Waals surface area contributed by atoms with Crippen molar-refractivity contribution in [1.82, 2.24) is 14.8 Å². The van der Waals surface area contributed by atoms with E-state index in [4.69, 9.17) is 10.7 Å². The van der Waals surface area contributed by atoms with Crippen molar-refractivity contribution in [3.8, 4) is 11.4 Å². The van der Waals surface area contributed by atoms with Gasteiger partial charge in [-0.3, -0.25) is 4.57 Å². The topological polar surface area (TPSA) is 64.8 Å². The highest BCUT2D eigenvalue weighted by Gasteiger charge is 2.23. The summed E-state index contributed by atoms with van der Waals surface area (Å²) in [5.74, 6) is 0.483. The van der Waals surface area contributed by atoms with Gasteiger partial charge in [-0.25, -0.2) is 8.42 Å². The fourth-order valence-corrected chi connectivity index (χ4v) is 3.60. The monoisotopic (exact) mass is 489 g/mol. The van der Waals surface area contributed by atoms with Crippen LogP contribution in [-0.2, 0) is 15.6 Å². The van der Waals surface area contributed by atoms with Gasteiger partial charge in [-0.2, -0.15) is 0 Å². The highest BCUT2D eigenvalue weighted by atomic mass is 127. The van der Waals surface area contributed by atoms with Gasteiger partial charge in [0.1, 0.15) is 0 Å². The molecule has 1 aromatic heterocycles. The van der Waals surface area contributed by atoms with Crippen LogP contribution in [0.1, 0.15) is 13.3 Å². The first-order valence-corrected chi connectivity index (χ1v) is 9.86. The Morgan fingerprint density at radius 1 is 1.40 bits per heavy atom. The summed E-state index contributed by atoms with van der Waals surface area (Å²) in [7, 11) is 1.49. The zero-order chi connectivity index (χ0) is 14.9. The lowest BCUT2D eigenvalue weighted by Gasteiger charge is -2.09. The molecule has 108 valence electrons. The number of rotatable bonds is 4. The van der Waals surface area contributed by atoms with Crippen LogP contribution in [-0.4, -0.2) is 23.2 Å². The molecule has 0 amide bonds. The zero-order valence-corrected chi connectivity index (χ0v) is 15.7. The Hall–Kier alpha value is -0.190. The quantitative estimate of drug-likeness (QED) is 0.485. The third kappa shape index (κ3) is 3.34. The Labute approximate surface area is 143 Å². The van der Waals surface area contributed by atoms with E-state index in [1.54, 1.807) is 0 Å². The van der Waals surface area contributed by atoms with Crippen LogP contribution in [0.2, 0.25) is 0 Å². The van der Waals surface area contributed by atoms with Crippen molar-refractivity contribution in [2.24, 2.45) is 0 Å². The Kier molecular flexibility index (Phi) is 5.09. The van der Waals surface area contributed by atoms with E-state index < -0.39 is 9.05 Å². The van der Waals surface area contributed by atoms with Crippen LogP contribution in [0.25, 0.3) is 11.4 Å². The zero-order valence-electron chi connectivity index (χ0n) is 10.3. The van der Waals surface area contributed by atoms with Crippen LogP contribution in [0.4, 0.5) is 0 Å². The lowest BCUT2D eigenvalue weighted by Crippen LogP contribution is -2.07. The minimum Gasteiger partial charge on any atom is -0.297 e. The molecule has 9 heteroatoms. The second-order valence-corrected chi connectivity index (χ2v) is 8.58. The van der Waals surface area contributed by atoms with Gasteiger partial charge in [0.15, 0.2) is 5.82 Å². The third-order valence-corrected chi connectivity index (χ3v) is 5.07. The molecule has 0 radical (unpaired) electrons. The number of nitrogens with zero attached hydrogens (tertiary/aromatic N) is 3. The van der Waals surface area contributed by atoms with Gasteiger partial charge in [-0.05, 0) is 47.2 Å². The van der Waals surface area contributed by atoms with Gasteiger partial charge in [0.05, 0.1) is 0 Å². The molecule has 0 unspecified atom stereocenters. The maximum absolute atomic E-state index is 11.6. The van der Waals surface area contributed by atoms with E-state index in [0.29, 0.717) is 12.4 Å². The summed E-state index contributed by atoms with van der Waals surface area (Å²) in [5, 5.41) is 7.49. The van der Waals surface area contributed by atoms with Crippen molar-refractivity contribution in [2.45, 2.75) is 25.0 Å². The first-order valence-electron chi connectivity index (χ1n) is 5.68. The van der Waals surface area contributed by atoms with Crippen LogP contribution in [0.15, 0.2) is 27.8 Å². The van der Waals surface area contributed by atoms with E-state index >= 15 is 0 Å². The van der Waals surface area contributed by atoms with Crippen LogP contribution in [0, 0.1) is 3.57 Å². The summed E-state index contributed by atoms with van der Waals surface area (Å²) in [6.07, 6.45) is 0.742. The Bertz CT molecular complexity index is 748. The molecule has 1 heterocycles. The third-order valence-electron chi connectivity index (χ3n) is 2.55. The average molecular weight is 491 g/mol. The molecule has 0 saturated carbocycles. The van der Waals surface area contributed by atoms with Gasteiger partial charge < -0.3 is 0 Å². The number of hydrogen-bond donors (Lipinski definition) is 0. The summed E-state index contributed by atoms with van der Waals surface area (Å²) < 4.78 is 26.5. The standard InChI is InChI=1S/C11H10BrClIN3O2S/c1-2-5-17-10(15-16-11(17)20(13,18)19)8-6-7(14)3-4-9(8)12/h3-4,6H,2,5H2,1H3. The molecule has 2 aromatic rings. The molecule has 1 aromatic carbocycles. The second kappa shape index (κ2) is 6.29. The second-order valence-electron chi connectivity index (χ2n) is 4.02. The fourth-order valence-electron chi connectivity index (χ4n) is 1.76. The van der Waals surface area contributed by atoms with Crippen LogP contribution in [0.3, 0.4) is 0 Å². The molecule has 0 aliphatic rings. The molecular weight excluding hydrogens is 480 g/mol. The average Bonchev–Trinajstić information content (AvgIpc) is 2.76. The molecule has 2 rings (SSSR count). The number of benzene rings is 1. The van der Waals surface area contributed by atoms with Gasteiger partial charge in [0, 0.05) is 30.8 Å². The normalized spacial score (nSPS) is 11.8. The maximum Gasteiger partial charge on any atom is 0.296 e. The van der Waals surface area contributed by atoms with Crippen LogP contribution in [0.5, 0.6) is 0 Å². The predicted octanol–water partition coefficient (Wildman–Crippen LogP) is 3.65. The minimum atomic E-state index is -3.92. The fraction of sp³-hybridized carbons (Fsp3) is 0.273. The van der Waals surface area contributed by atoms with Crippen molar-refractivity contribution in [1.29, 1.82) is 0 Å². The molecule has 0 fully saturated rings.